The molecule has 2 aliphatic carbocycles. The van der Waals surface area contributed by atoms with Crippen LogP contribution >= 0.6 is 0 Å². The zero-order valence-electron chi connectivity index (χ0n) is 11.7. The Morgan fingerprint density at radius 1 is 0.773 bits per heavy atom. The first-order valence-electron chi connectivity index (χ1n) is 6.72. The average molecular weight is 302 g/mol. The molecule has 0 radical (unpaired) electrons. The molecule has 0 spiro atoms. The van der Waals surface area contributed by atoms with Gasteiger partial charge in [0.1, 0.15) is 13.2 Å². The van der Waals surface area contributed by atoms with Crippen molar-refractivity contribution >= 4 is 23.5 Å². The Labute approximate surface area is 126 Å². The number of ketones is 2. The fourth-order valence-corrected chi connectivity index (χ4v) is 1.80. The fraction of sp³-hybridized carbons (Fsp3) is 0.250. The van der Waals surface area contributed by atoms with Gasteiger partial charge < -0.3 is 9.47 Å². The highest BCUT2D eigenvalue weighted by molar-refractivity contribution is 6.00. The van der Waals surface area contributed by atoms with Gasteiger partial charge in [-0.3, -0.25) is 9.59 Å². The number of allylic oxidation sites excluding steroid dienone is 4. The maximum atomic E-state index is 11.6. The van der Waals surface area contributed by atoms with Crippen molar-refractivity contribution in [3.05, 3.63) is 47.6 Å². The van der Waals surface area contributed by atoms with E-state index in [0.29, 0.717) is 11.1 Å². The van der Waals surface area contributed by atoms with Crippen LogP contribution in [0.25, 0.3) is 0 Å². The molecule has 22 heavy (non-hydrogen) atoms. The van der Waals surface area contributed by atoms with Crippen LogP contribution in [0, 0.1) is 0 Å². The maximum absolute atomic E-state index is 11.6. The lowest BCUT2D eigenvalue weighted by atomic mass is 10.1. The van der Waals surface area contributed by atoms with Crippen LogP contribution in [0.15, 0.2) is 47.6 Å². The fourth-order valence-electron chi connectivity index (χ4n) is 1.80. The molecule has 0 unspecified atom stereocenters. The summed E-state index contributed by atoms with van der Waals surface area (Å²) in [5, 5.41) is 0. The minimum absolute atomic E-state index is 0.0715. The molecule has 0 amide bonds. The Morgan fingerprint density at radius 3 is 1.50 bits per heavy atom. The molecular weight excluding hydrogens is 288 g/mol. The van der Waals surface area contributed by atoms with E-state index >= 15 is 0 Å². The topological polar surface area (TPSA) is 86.7 Å². The molecule has 0 saturated carbocycles. The van der Waals surface area contributed by atoms with Crippen molar-refractivity contribution in [1.82, 2.24) is 0 Å². The van der Waals surface area contributed by atoms with Gasteiger partial charge in [-0.1, -0.05) is 12.2 Å². The van der Waals surface area contributed by atoms with E-state index in [1.54, 1.807) is 0 Å². The van der Waals surface area contributed by atoms with Crippen molar-refractivity contribution < 1.29 is 28.7 Å². The van der Waals surface area contributed by atoms with Crippen LogP contribution in [-0.4, -0.2) is 36.7 Å². The molecule has 2 rings (SSSR count). The third-order valence-electron chi connectivity index (χ3n) is 2.96. The largest absolute Gasteiger partial charge is 0.458 e. The molecule has 6 heteroatoms. The van der Waals surface area contributed by atoms with Gasteiger partial charge in [-0.05, 0) is 24.3 Å². The van der Waals surface area contributed by atoms with Gasteiger partial charge in [0.25, 0.3) is 0 Å². The van der Waals surface area contributed by atoms with E-state index in [9.17, 15) is 19.2 Å². The molecule has 0 aromatic heterocycles. The van der Waals surface area contributed by atoms with E-state index in [1.807, 2.05) is 0 Å². The molecule has 0 saturated heterocycles. The molecular formula is C16H14O6. The Morgan fingerprint density at radius 2 is 1.18 bits per heavy atom. The van der Waals surface area contributed by atoms with Gasteiger partial charge >= 0.3 is 11.9 Å². The second kappa shape index (κ2) is 7.31. The molecule has 0 heterocycles. The van der Waals surface area contributed by atoms with Crippen molar-refractivity contribution in [2.24, 2.45) is 0 Å². The number of rotatable bonds is 5. The van der Waals surface area contributed by atoms with Crippen molar-refractivity contribution in [1.29, 1.82) is 0 Å². The molecule has 0 bridgehead atoms. The summed E-state index contributed by atoms with van der Waals surface area (Å²) in [5.74, 6) is -1.28. The minimum atomic E-state index is -0.567. The summed E-state index contributed by atoms with van der Waals surface area (Å²) in [6, 6.07) is 0. The minimum Gasteiger partial charge on any atom is -0.458 e. The third-order valence-corrected chi connectivity index (χ3v) is 2.96. The number of carbonyl (C=O) groups is 4. The maximum Gasteiger partial charge on any atom is 0.337 e. The highest BCUT2D eigenvalue weighted by atomic mass is 16.6. The predicted octanol–water partition coefficient (Wildman–Crippen LogP) is 0.984. The first-order chi connectivity index (χ1) is 10.6. The van der Waals surface area contributed by atoms with E-state index in [2.05, 4.69) is 0 Å². The Hall–Kier alpha value is -2.76. The Kier molecular flexibility index (Phi) is 5.19. The summed E-state index contributed by atoms with van der Waals surface area (Å²) in [7, 11) is 0. The summed E-state index contributed by atoms with van der Waals surface area (Å²) < 4.78 is 9.87. The van der Waals surface area contributed by atoms with E-state index in [4.69, 9.17) is 9.47 Å². The van der Waals surface area contributed by atoms with Gasteiger partial charge in [-0.25, -0.2) is 9.59 Å². The van der Waals surface area contributed by atoms with Crippen LogP contribution in [-0.2, 0) is 28.7 Å². The standard InChI is InChI=1S/C16H14O6/c17-13-5-1-11(2-6-13)15(19)21-9-10-22-16(20)12-3-7-14(18)8-4-12/h1-5,7H,6,8-10H2. The van der Waals surface area contributed by atoms with Crippen molar-refractivity contribution in [2.45, 2.75) is 12.8 Å². The molecule has 6 nitrogen and oxygen atoms in total. The van der Waals surface area contributed by atoms with Crippen LogP contribution in [0.2, 0.25) is 0 Å². The number of hydrogen-bond acceptors (Lipinski definition) is 6. The summed E-state index contributed by atoms with van der Waals surface area (Å²) in [4.78, 5) is 45.2. The van der Waals surface area contributed by atoms with Crippen LogP contribution in [0.4, 0.5) is 0 Å². The van der Waals surface area contributed by atoms with Gasteiger partial charge in [0.05, 0.1) is 11.1 Å². The van der Waals surface area contributed by atoms with Gasteiger partial charge in [-0.2, -0.15) is 0 Å². The first-order valence-corrected chi connectivity index (χ1v) is 6.72. The first kappa shape index (κ1) is 15.6. The van der Waals surface area contributed by atoms with Crippen molar-refractivity contribution in [2.75, 3.05) is 13.2 Å². The Bertz CT molecular complexity index is 577. The van der Waals surface area contributed by atoms with Crippen LogP contribution < -0.4 is 0 Å². The second-order valence-electron chi connectivity index (χ2n) is 4.60. The molecule has 2 aliphatic rings. The summed E-state index contributed by atoms with van der Waals surface area (Å²) in [6.07, 6.45) is 8.77. The molecule has 0 atom stereocenters. The van der Waals surface area contributed by atoms with Gasteiger partial charge in [0, 0.05) is 12.8 Å². The molecule has 0 fully saturated rings. The lowest BCUT2D eigenvalue weighted by Gasteiger charge is -2.09. The van der Waals surface area contributed by atoms with E-state index < -0.39 is 11.9 Å². The van der Waals surface area contributed by atoms with Crippen LogP contribution in [0.3, 0.4) is 0 Å². The molecule has 0 aromatic carbocycles. The predicted molar refractivity (Wildman–Crippen MR) is 75.6 cm³/mol. The van der Waals surface area contributed by atoms with Gasteiger partial charge in [-0.15, -0.1) is 0 Å². The van der Waals surface area contributed by atoms with Gasteiger partial charge in [0.2, 0.25) is 0 Å². The highest BCUT2D eigenvalue weighted by Gasteiger charge is 2.14. The molecule has 114 valence electrons. The lowest BCUT2D eigenvalue weighted by Crippen LogP contribution is -2.17. The smallest absolute Gasteiger partial charge is 0.337 e. The summed E-state index contributed by atoms with van der Waals surface area (Å²) in [5.41, 5.74) is 0.615. The molecule has 0 aliphatic heterocycles. The quantitative estimate of drug-likeness (QED) is 0.556. The second-order valence-corrected chi connectivity index (χ2v) is 4.60. The van der Waals surface area contributed by atoms with Crippen molar-refractivity contribution in [3.63, 3.8) is 0 Å². The van der Waals surface area contributed by atoms with E-state index in [1.165, 1.54) is 36.5 Å². The number of hydrogen-bond donors (Lipinski definition) is 0. The Balaban J connectivity index is 1.69. The number of esters is 2. The zero-order valence-corrected chi connectivity index (χ0v) is 11.7. The molecule has 0 N–H and O–H groups in total. The van der Waals surface area contributed by atoms with E-state index in [0.717, 1.165) is 0 Å². The SMILES string of the molecule is O=C1C=CC(C(=O)OCCOC(=O)C2=CCC(=O)C=C2)=CC1. The molecule has 0 aromatic rings. The highest BCUT2D eigenvalue weighted by Crippen LogP contribution is 2.10. The number of ether oxygens (including phenoxy) is 2. The normalized spacial score (nSPS) is 16.9. The van der Waals surface area contributed by atoms with Crippen LogP contribution in [0.1, 0.15) is 12.8 Å². The number of carbonyl (C=O) groups excluding carboxylic acids is 4. The summed E-state index contributed by atoms with van der Waals surface area (Å²) >= 11 is 0. The zero-order chi connectivity index (χ0) is 15.9. The lowest BCUT2D eigenvalue weighted by molar-refractivity contribution is -0.147. The van der Waals surface area contributed by atoms with E-state index in [-0.39, 0.29) is 37.6 Å². The summed E-state index contributed by atoms with van der Waals surface area (Å²) in [6.45, 7) is -0.167. The van der Waals surface area contributed by atoms with Crippen molar-refractivity contribution in [3.8, 4) is 0 Å². The average Bonchev–Trinajstić information content (AvgIpc) is 2.52. The monoisotopic (exact) mass is 302 g/mol. The third kappa shape index (κ3) is 4.37. The van der Waals surface area contributed by atoms with Gasteiger partial charge in [0.15, 0.2) is 11.6 Å². The van der Waals surface area contributed by atoms with Crippen LogP contribution in [0.5, 0.6) is 0 Å².